The van der Waals surface area contributed by atoms with Gasteiger partial charge in [-0.3, -0.25) is 4.79 Å². The predicted octanol–water partition coefficient (Wildman–Crippen LogP) is 2.87. The molecule has 0 spiro atoms. The maximum Gasteiger partial charge on any atom is 0.236 e. The van der Waals surface area contributed by atoms with E-state index in [2.05, 4.69) is 26.1 Å². The molecule has 1 fully saturated rings. The molecule has 1 rings (SSSR count). The van der Waals surface area contributed by atoms with Gasteiger partial charge >= 0.3 is 0 Å². The van der Waals surface area contributed by atoms with Crippen molar-refractivity contribution in [1.29, 1.82) is 0 Å². The van der Waals surface area contributed by atoms with E-state index in [1.807, 2.05) is 0 Å². The number of amides is 1. The third-order valence-corrected chi connectivity index (χ3v) is 4.11. The molecule has 1 aliphatic rings. The minimum absolute atomic E-state index is 0. The van der Waals surface area contributed by atoms with Crippen LogP contribution in [-0.2, 0) is 4.79 Å². The fourth-order valence-corrected chi connectivity index (χ4v) is 2.80. The van der Waals surface area contributed by atoms with Gasteiger partial charge in [-0.1, -0.05) is 33.6 Å². The van der Waals surface area contributed by atoms with Gasteiger partial charge in [0.05, 0.1) is 6.04 Å². The highest BCUT2D eigenvalue weighted by Gasteiger charge is 2.32. The van der Waals surface area contributed by atoms with Gasteiger partial charge in [0, 0.05) is 6.54 Å². The van der Waals surface area contributed by atoms with E-state index in [1.54, 1.807) is 0 Å². The first-order valence-electron chi connectivity index (χ1n) is 7.02. The summed E-state index contributed by atoms with van der Waals surface area (Å²) >= 11 is 0. The second-order valence-electron chi connectivity index (χ2n) is 6.01. The Bertz CT molecular complexity index is 250. The SMILES string of the molecule is CCC1(CNC(=O)[C@@H](N)CC(C)C)CCCC1.Cl. The minimum atomic E-state index is -0.342. The predicted molar refractivity (Wildman–Crippen MR) is 78.9 cm³/mol. The average Bonchev–Trinajstić information content (AvgIpc) is 2.74. The molecule has 0 bridgehead atoms. The van der Waals surface area contributed by atoms with Gasteiger partial charge in [0.25, 0.3) is 0 Å². The van der Waals surface area contributed by atoms with Crippen LogP contribution in [0.5, 0.6) is 0 Å². The van der Waals surface area contributed by atoms with Crippen LogP contribution in [0.25, 0.3) is 0 Å². The van der Waals surface area contributed by atoms with Crippen molar-refractivity contribution in [3.8, 4) is 0 Å². The van der Waals surface area contributed by atoms with Crippen LogP contribution in [-0.4, -0.2) is 18.5 Å². The van der Waals surface area contributed by atoms with Crippen LogP contribution in [0.15, 0.2) is 0 Å². The van der Waals surface area contributed by atoms with Crippen LogP contribution < -0.4 is 11.1 Å². The zero-order valence-corrected chi connectivity index (χ0v) is 12.8. The number of hydrogen-bond donors (Lipinski definition) is 2. The van der Waals surface area contributed by atoms with Crippen LogP contribution in [0, 0.1) is 11.3 Å². The molecule has 3 nitrogen and oxygen atoms in total. The fraction of sp³-hybridized carbons (Fsp3) is 0.929. The van der Waals surface area contributed by atoms with Crippen molar-refractivity contribution in [1.82, 2.24) is 5.32 Å². The zero-order chi connectivity index (χ0) is 12.9. The third kappa shape index (κ3) is 5.15. The quantitative estimate of drug-likeness (QED) is 0.784. The number of nitrogens with two attached hydrogens (primary N) is 1. The molecular formula is C14H29ClN2O. The second-order valence-corrected chi connectivity index (χ2v) is 6.01. The van der Waals surface area contributed by atoms with Crippen LogP contribution in [0.1, 0.15) is 59.3 Å². The Morgan fingerprint density at radius 2 is 1.89 bits per heavy atom. The Morgan fingerprint density at radius 3 is 2.33 bits per heavy atom. The van der Waals surface area contributed by atoms with Gasteiger partial charge in [-0.05, 0) is 37.0 Å². The van der Waals surface area contributed by atoms with Crippen molar-refractivity contribution in [2.75, 3.05) is 6.54 Å². The molecule has 0 radical (unpaired) electrons. The highest BCUT2D eigenvalue weighted by atomic mass is 35.5. The Balaban J connectivity index is 0.00000289. The summed E-state index contributed by atoms with van der Waals surface area (Å²) in [5, 5.41) is 3.06. The minimum Gasteiger partial charge on any atom is -0.354 e. The molecule has 0 unspecified atom stereocenters. The maximum atomic E-state index is 11.9. The smallest absolute Gasteiger partial charge is 0.236 e. The summed E-state index contributed by atoms with van der Waals surface area (Å²) in [5.41, 5.74) is 6.23. The number of rotatable bonds is 6. The first-order chi connectivity index (χ1) is 7.99. The van der Waals surface area contributed by atoms with E-state index in [4.69, 9.17) is 5.73 Å². The summed E-state index contributed by atoms with van der Waals surface area (Å²) in [6.45, 7) is 7.23. The fourth-order valence-electron chi connectivity index (χ4n) is 2.80. The Labute approximate surface area is 118 Å². The number of carbonyl (C=O) groups excluding carboxylic acids is 1. The summed E-state index contributed by atoms with van der Waals surface area (Å²) in [5.74, 6) is 0.501. The second kappa shape index (κ2) is 8.00. The zero-order valence-electron chi connectivity index (χ0n) is 12.0. The molecular weight excluding hydrogens is 248 g/mol. The Morgan fingerprint density at radius 1 is 1.33 bits per heavy atom. The lowest BCUT2D eigenvalue weighted by Gasteiger charge is -2.28. The van der Waals surface area contributed by atoms with Gasteiger partial charge in [-0.15, -0.1) is 12.4 Å². The van der Waals surface area contributed by atoms with Gasteiger partial charge in [-0.25, -0.2) is 0 Å². The van der Waals surface area contributed by atoms with E-state index < -0.39 is 0 Å². The van der Waals surface area contributed by atoms with Gasteiger partial charge in [0.2, 0.25) is 5.91 Å². The number of carbonyl (C=O) groups is 1. The van der Waals surface area contributed by atoms with Gasteiger partial charge in [0.15, 0.2) is 0 Å². The topological polar surface area (TPSA) is 55.1 Å². The van der Waals surface area contributed by atoms with Crippen molar-refractivity contribution in [3.63, 3.8) is 0 Å². The lowest BCUT2D eigenvalue weighted by atomic mass is 9.83. The molecule has 1 atom stereocenters. The lowest BCUT2D eigenvalue weighted by molar-refractivity contribution is -0.123. The largest absolute Gasteiger partial charge is 0.354 e. The van der Waals surface area contributed by atoms with E-state index in [9.17, 15) is 4.79 Å². The molecule has 0 heterocycles. The van der Waals surface area contributed by atoms with Crippen LogP contribution in [0.4, 0.5) is 0 Å². The third-order valence-electron chi connectivity index (χ3n) is 4.11. The van der Waals surface area contributed by atoms with Crippen LogP contribution >= 0.6 is 12.4 Å². The van der Waals surface area contributed by atoms with E-state index in [0.717, 1.165) is 19.4 Å². The Kier molecular flexibility index (Phi) is 7.88. The molecule has 4 heteroatoms. The lowest BCUT2D eigenvalue weighted by Crippen LogP contribution is -2.45. The highest BCUT2D eigenvalue weighted by molar-refractivity contribution is 5.85. The molecule has 0 aliphatic heterocycles. The van der Waals surface area contributed by atoms with Crippen molar-refractivity contribution < 1.29 is 4.79 Å². The number of hydrogen-bond acceptors (Lipinski definition) is 2. The number of nitrogens with one attached hydrogen (secondary N) is 1. The van der Waals surface area contributed by atoms with E-state index in [0.29, 0.717) is 11.3 Å². The molecule has 1 amide bonds. The van der Waals surface area contributed by atoms with Crippen LogP contribution in [0.2, 0.25) is 0 Å². The molecule has 0 aromatic heterocycles. The molecule has 1 aliphatic carbocycles. The summed E-state index contributed by atoms with van der Waals surface area (Å²) < 4.78 is 0. The van der Waals surface area contributed by atoms with Gasteiger partial charge < -0.3 is 11.1 Å². The van der Waals surface area contributed by atoms with Crippen LogP contribution in [0.3, 0.4) is 0 Å². The molecule has 18 heavy (non-hydrogen) atoms. The summed E-state index contributed by atoms with van der Waals surface area (Å²) in [4.78, 5) is 11.9. The first-order valence-corrected chi connectivity index (χ1v) is 7.02. The highest BCUT2D eigenvalue weighted by Crippen LogP contribution is 2.40. The monoisotopic (exact) mass is 276 g/mol. The van der Waals surface area contributed by atoms with Crippen molar-refractivity contribution in [2.45, 2.75) is 65.3 Å². The van der Waals surface area contributed by atoms with Crippen molar-refractivity contribution in [3.05, 3.63) is 0 Å². The van der Waals surface area contributed by atoms with E-state index in [-0.39, 0.29) is 24.4 Å². The standard InChI is InChI=1S/C14H28N2O.ClH/c1-4-14(7-5-6-8-14)10-16-13(17)12(15)9-11(2)3;/h11-12H,4-10,15H2,1-3H3,(H,16,17);1H/t12-;/m0./s1. The normalized spacial score (nSPS) is 19.4. The van der Waals surface area contributed by atoms with Gasteiger partial charge in [0.1, 0.15) is 0 Å². The molecule has 0 aromatic rings. The maximum absolute atomic E-state index is 11.9. The molecule has 0 aromatic carbocycles. The molecule has 108 valence electrons. The molecule has 0 saturated heterocycles. The van der Waals surface area contributed by atoms with Crippen molar-refractivity contribution >= 4 is 18.3 Å². The first kappa shape index (κ1) is 17.7. The molecule has 1 saturated carbocycles. The summed E-state index contributed by atoms with van der Waals surface area (Å²) in [7, 11) is 0. The number of halogens is 1. The van der Waals surface area contributed by atoms with Gasteiger partial charge in [-0.2, -0.15) is 0 Å². The van der Waals surface area contributed by atoms with E-state index in [1.165, 1.54) is 25.7 Å². The van der Waals surface area contributed by atoms with Crippen molar-refractivity contribution in [2.24, 2.45) is 17.1 Å². The Hall–Kier alpha value is -0.280. The average molecular weight is 277 g/mol. The summed E-state index contributed by atoms with van der Waals surface area (Å²) in [6, 6.07) is -0.342. The van der Waals surface area contributed by atoms with E-state index >= 15 is 0 Å². The summed E-state index contributed by atoms with van der Waals surface area (Å²) in [6.07, 6.45) is 7.05. The molecule has 3 N–H and O–H groups in total.